The Kier molecular flexibility index (Phi) is 5.62. The van der Waals surface area contributed by atoms with Crippen LogP contribution in [0.15, 0.2) is 35.9 Å². The molecule has 0 atom stereocenters. The van der Waals surface area contributed by atoms with Crippen molar-refractivity contribution in [3.63, 3.8) is 0 Å². The largest absolute Gasteiger partial charge is 0.497 e. The molecule has 0 saturated heterocycles. The Morgan fingerprint density at radius 1 is 1.45 bits per heavy atom. The molecule has 1 aromatic carbocycles. The topological polar surface area (TPSA) is 50.4 Å². The fraction of sp³-hybridized carbons (Fsp3) is 0.438. The second-order valence-electron chi connectivity index (χ2n) is 4.94. The van der Waals surface area contributed by atoms with E-state index >= 15 is 0 Å². The predicted octanol–water partition coefficient (Wildman–Crippen LogP) is 1.66. The van der Waals surface area contributed by atoms with Crippen molar-refractivity contribution in [3.8, 4) is 5.75 Å². The average Bonchev–Trinajstić information content (AvgIpc) is 2.48. The summed E-state index contributed by atoms with van der Waals surface area (Å²) in [5.74, 6) is 0.850. The molecule has 4 heteroatoms. The third-order valence-corrected chi connectivity index (χ3v) is 3.43. The van der Waals surface area contributed by atoms with E-state index in [1.54, 1.807) is 7.11 Å². The number of rotatable bonds is 6. The molecule has 0 fully saturated rings. The number of hydrogen-bond donors (Lipinski definition) is 2. The maximum atomic E-state index is 11.9. The van der Waals surface area contributed by atoms with E-state index in [0.29, 0.717) is 13.0 Å². The van der Waals surface area contributed by atoms with Crippen molar-refractivity contribution in [3.05, 3.63) is 41.5 Å². The number of benzene rings is 1. The van der Waals surface area contributed by atoms with E-state index in [1.807, 2.05) is 24.3 Å². The molecular formula is C16H22N2O2. The van der Waals surface area contributed by atoms with E-state index in [9.17, 15) is 4.79 Å². The van der Waals surface area contributed by atoms with Crippen LogP contribution in [0.1, 0.15) is 18.4 Å². The van der Waals surface area contributed by atoms with Crippen molar-refractivity contribution in [1.82, 2.24) is 10.6 Å². The molecule has 1 aromatic rings. The van der Waals surface area contributed by atoms with Gasteiger partial charge in [0.2, 0.25) is 5.91 Å². The molecule has 108 valence electrons. The van der Waals surface area contributed by atoms with Crippen LogP contribution in [0.5, 0.6) is 5.75 Å². The van der Waals surface area contributed by atoms with Crippen molar-refractivity contribution < 1.29 is 9.53 Å². The highest BCUT2D eigenvalue weighted by Gasteiger charge is 2.06. The van der Waals surface area contributed by atoms with Crippen molar-refractivity contribution in [2.24, 2.45) is 0 Å². The maximum absolute atomic E-state index is 11.9. The normalized spacial score (nSPS) is 14.6. The molecule has 1 aliphatic rings. The fourth-order valence-corrected chi connectivity index (χ4v) is 2.29. The number of methoxy groups -OCH3 is 1. The zero-order valence-electron chi connectivity index (χ0n) is 11.9. The minimum atomic E-state index is 0.0628. The molecule has 2 rings (SSSR count). The van der Waals surface area contributed by atoms with Gasteiger partial charge in [-0.15, -0.1) is 0 Å². The van der Waals surface area contributed by atoms with Crippen molar-refractivity contribution in [2.75, 3.05) is 26.7 Å². The molecule has 0 aromatic heterocycles. The van der Waals surface area contributed by atoms with Crippen LogP contribution in [-0.2, 0) is 11.2 Å². The lowest BCUT2D eigenvalue weighted by Crippen LogP contribution is -2.27. The molecule has 0 aliphatic carbocycles. The Bertz CT molecular complexity index is 483. The van der Waals surface area contributed by atoms with Gasteiger partial charge in [0.05, 0.1) is 13.5 Å². The lowest BCUT2D eigenvalue weighted by Gasteiger charge is -2.14. The Morgan fingerprint density at radius 2 is 2.35 bits per heavy atom. The van der Waals surface area contributed by atoms with Crippen molar-refractivity contribution >= 4 is 5.91 Å². The lowest BCUT2D eigenvalue weighted by atomic mass is 10.1. The van der Waals surface area contributed by atoms with E-state index in [1.165, 1.54) is 5.57 Å². The summed E-state index contributed by atoms with van der Waals surface area (Å²) >= 11 is 0. The number of hydrogen-bond acceptors (Lipinski definition) is 3. The molecule has 2 N–H and O–H groups in total. The Balaban J connectivity index is 1.73. The van der Waals surface area contributed by atoms with Crippen LogP contribution >= 0.6 is 0 Å². The van der Waals surface area contributed by atoms with Gasteiger partial charge in [0.1, 0.15) is 5.75 Å². The fourth-order valence-electron chi connectivity index (χ4n) is 2.29. The van der Waals surface area contributed by atoms with Crippen LogP contribution < -0.4 is 15.4 Å². The molecule has 4 nitrogen and oxygen atoms in total. The van der Waals surface area contributed by atoms with Crippen molar-refractivity contribution in [1.29, 1.82) is 0 Å². The van der Waals surface area contributed by atoms with Gasteiger partial charge in [-0.05, 0) is 37.1 Å². The summed E-state index contributed by atoms with van der Waals surface area (Å²) in [6.07, 6.45) is 4.66. The van der Waals surface area contributed by atoms with Crippen LogP contribution in [0.3, 0.4) is 0 Å². The standard InChI is InChI=1S/C16H22N2O2/c1-20-15-4-2-3-14(11-15)12-16(19)18-10-7-13-5-8-17-9-6-13/h2-5,11,17H,6-10,12H2,1H3,(H,18,19). The van der Waals surface area contributed by atoms with Gasteiger partial charge in [0.25, 0.3) is 0 Å². The van der Waals surface area contributed by atoms with Gasteiger partial charge in [-0.1, -0.05) is 23.8 Å². The van der Waals surface area contributed by atoms with Gasteiger partial charge in [-0.25, -0.2) is 0 Å². The number of nitrogens with one attached hydrogen (secondary N) is 2. The van der Waals surface area contributed by atoms with E-state index in [4.69, 9.17) is 4.74 Å². The summed E-state index contributed by atoms with van der Waals surface area (Å²) in [5, 5.41) is 6.26. The van der Waals surface area contributed by atoms with E-state index in [2.05, 4.69) is 16.7 Å². The molecule has 0 spiro atoms. The molecule has 0 unspecified atom stereocenters. The van der Waals surface area contributed by atoms with E-state index in [-0.39, 0.29) is 5.91 Å². The number of carbonyl (C=O) groups is 1. The summed E-state index contributed by atoms with van der Waals surface area (Å²) in [6.45, 7) is 2.71. The van der Waals surface area contributed by atoms with Gasteiger partial charge in [-0.2, -0.15) is 0 Å². The van der Waals surface area contributed by atoms with Crippen LogP contribution in [0.25, 0.3) is 0 Å². The average molecular weight is 274 g/mol. The van der Waals surface area contributed by atoms with Gasteiger partial charge >= 0.3 is 0 Å². The highest BCUT2D eigenvalue weighted by molar-refractivity contribution is 5.78. The van der Waals surface area contributed by atoms with Crippen LogP contribution in [-0.4, -0.2) is 32.7 Å². The zero-order chi connectivity index (χ0) is 14.2. The Labute approximate surface area is 120 Å². The minimum absolute atomic E-state index is 0.0628. The summed E-state index contributed by atoms with van der Waals surface area (Å²) in [7, 11) is 1.63. The monoisotopic (exact) mass is 274 g/mol. The molecule has 0 saturated carbocycles. The summed E-state index contributed by atoms with van der Waals surface area (Å²) in [5.41, 5.74) is 2.41. The van der Waals surface area contributed by atoms with Gasteiger partial charge in [0, 0.05) is 13.1 Å². The maximum Gasteiger partial charge on any atom is 0.224 e. The van der Waals surface area contributed by atoms with Gasteiger partial charge in [-0.3, -0.25) is 4.79 Å². The first kappa shape index (κ1) is 14.6. The first-order valence-electron chi connectivity index (χ1n) is 7.06. The molecular weight excluding hydrogens is 252 g/mol. The third kappa shape index (κ3) is 4.70. The molecule has 0 bridgehead atoms. The third-order valence-electron chi connectivity index (χ3n) is 3.43. The summed E-state index contributed by atoms with van der Waals surface area (Å²) in [4.78, 5) is 11.9. The molecule has 1 heterocycles. The number of amides is 1. The van der Waals surface area contributed by atoms with Crippen LogP contribution in [0, 0.1) is 0 Å². The molecule has 0 radical (unpaired) electrons. The van der Waals surface area contributed by atoms with Gasteiger partial charge < -0.3 is 15.4 Å². The van der Waals surface area contributed by atoms with E-state index in [0.717, 1.165) is 37.2 Å². The van der Waals surface area contributed by atoms with Gasteiger partial charge in [0.15, 0.2) is 0 Å². The van der Waals surface area contributed by atoms with Crippen LogP contribution in [0.2, 0.25) is 0 Å². The first-order chi connectivity index (χ1) is 9.78. The summed E-state index contributed by atoms with van der Waals surface area (Å²) in [6, 6.07) is 7.62. The second-order valence-corrected chi connectivity index (χ2v) is 4.94. The SMILES string of the molecule is COc1cccc(CC(=O)NCCC2=CCNCC2)c1. The highest BCUT2D eigenvalue weighted by atomic mass is 16.5. The minimum Gasteiger partial charge on any atom is -0.497 e. The predicted molar refractivity (Wildman–Crippen MR) is 79.9 cm³/mol. The smallest absolute Gasteiger partial charge is 0.224 e. The number of carbonyl (C=O) groups excluding carboxylic acids is 1. The van der Waals surface area contributed by atoms with Crippen LogP contribution in [0.4, 0.5) is 0 Å². The number of ether oxygens (including phenoxy) is 1. The van der Waals surface area contributed by atoms with Crippen molar-refractivity contribution in [2.45, 2.75) is 19.3 Å². The Hall–Kier alpha value is -1.81. The lowest BCUT2D eigenvalue weighted by molar-refractivity contribution is -0.120. The second kappa shape index (κ2) is 7.70. The molecule has 20 heavy (non-hydrogen) atoms. The first-order valence-corrected chi connectivity index (χ1v) is 7.06. The Morgan fingerprint density at radius 3 is 3.10 bits per heavy atom. The molecule has 1 amide bonds. The van der Waals surface area contributed by atoms with E-state index < -0.39 is 0 Å². The zero-order valence-corrected chi connectivity index (χ0v) is 11.9. The quantitative estimate of drug-likeness (QED) is 0.776. The molecule has 1 aliphatic heterocycles. The highest BCUT2D eigenvalue weighted by Crippen LogP contribution is 2.13. The summed E-state index contributed by atoms with van der Waals surface area (Å²) < 4.78 is 5.15.